The largest absolute Gasteiger partial charge is 0.454 e. The molecule has 0 aromatic heterocycles. The molecule has 0 unspecified atom stereocenters. The van der Waals surface area contributed by atoms with Gasteiger partial charge in [-0.3, -0.25) is 0 Å². The normalized spacial score (nSPS) is 14.0. The van der Waals surface area contributed by atoms with Crippen LogP contribution in [0.5, 0.6) is 11.5 Å². The van der Waals surface area contributed by atoms with E-state index in [-0.39, 0.29) is 6.79 Å². The minimum Gasteiger partial charge on any atom is -0.454 e. The summed E-state index contributed by atoms with van der Waals surface area (Å²) in [6, 6.07) is 6.56. The maximum Gasteiger partial charge on any atom is 0.339 e. The Morgan fingerprint density at radius 3 is 3.00 bits per heavy atom. The van der Waals surface area contributed by atoms with E-state index < -0.39 is 12.1 Å². The van der Waals surface area contributed by atoms with Crippen molar-refractivity contribution in [3.63, 3.8) is 0 Å². The van der Waals surface area contributed by atoms with E-state index in [2.05, 4.69) is 0 Å². The first-order valence-electron chi connectivity index (χ1n) is 4.71. The Kier molecular flexibility index (Phi) is 2.64. The third-order valence-corrected chi connectivity index (χ3v) is 2.07. The molecule has 1 aromatic carbocycles. The highest BCUT2D eigenvalue weighted by atomic mass is 16.7. The second kappa shape index (κ2) is 4.11. The van der Waals surface area contributed by atoms with Crippen molar-refractivity contribution < 1.29 is 19.0 Å². The Morgan fingerprint density at radius 1 is 1.50 bits per heavy atom. The van der Waals surface area contributed by atoms with Crippen LogP contribution in [0, 0.1) is 11.3 Å². The van der Waals surface area contributed by atoms with Gasteiger partial charge in [-0.25, -0.2) is 4.79 Å². The van der Waals surface area contributed by atoms with Gasteiger partial charge in [0.05, 0.1) is 5.56 Å². The molecule has 0 bridgehead atoms. The summed E-state index contributed by atoms with van der Waals surface area (Å²) in [5.74, 6) is 0.566. The molecule has 16 heavy (non-hydrogen) atoms. The Balaban J connectivity index is 2.16. The lowest BCUT2D eigenvalue weighted by Gasteiger charge is -2.06. The van der Waals surface area contributed by atoms with E-state index >= 15 is 0 Å². The molecule has 0 radical (unpaired) electrons. The van der Waals surface area contributed by atoms with Crippen molar-refractivity contribution in [3.05, 3.63) is 23.8 Å². The van der Waals surface area contributed by atoms with Crippen LogP contribution in [0.3, 0.4) is 0 Å². The van der Waals surface area contributed by atoms with Crippen LogP contribution in [-0.4, -0.2) is 18.9 Å². The van der Waals surface area contributed by atoms with Crippen LogP contribution in [0.4, 0.5) is 0 Å². The number of nitriles is 1. The van der Waals surface area contributed by atoms with Crippen LogP contribution in [0.25, 0.3) is 0 Å². The average Bonchev–Trinajstić information content (AvgIpc) is 2.75. The molecule has 0 N–H and O–H groups in total. The molecule has 1 heterocycles. The fourth-order valence-corrected chi connectivity index (χ4v) is 1.28. The molecular formula is C11H9NO4. The molecule has 82 valence electrons. The molecular weight excluding hydrogens is 210 g/mol. The van der Waals surface area contributed by atoms with Crippen molar-refractivity contribution in [2.24, 2.45) is 0 Å². The lowest BCUT2D eigenvalue weighted by Crippen LogP contribution is -2.12. The van der Waals surface area contributed by atoms with E-state index in [0.717, 1.165) is 0 Å². The first kappa shape index (κ1) is 10.3. The van der Waals surface area contributed by atoms with Gasteiger partial charge in [0.25, 0.3) is 0 Å². The van der Waals surface area contributed by atoms with Gasteiger partial charge in [-0.2, -0.15) is 5.26 Å². The van der Waals surface area contributed by atoms with Gasteiger partial charge in [-0.15, -0.1) is 0 Å². The van der Waals surface area contributed by atoms with Gasteiger partial charge in [0.15, 0.2) is 17.6 Å². The van der Waals surface area contributed by atoms with Crippen LogP contribution in [0.15, 0.2) is 18.2 Å². The number of nitrogens with zero attached hydrogens (tertiary/aromatic N) is 1. The van der Waals surface area contributed by atoms with Crippen LogP contribution in [0.1, 0.15) is 17.3 Å². The summed E-state index contributed by atoms with van der Waals surface area (Å²) in [5.41, 5.74) is 0.339. The monoisotopic (exact) mass is 219 g/mol. The van der Waals surface area contributed by atoms with Gasteiger partial charge in [0.2, 0.25) is 6.79 Å². The fraction of sp³-hybridized carbons (Fsp3) is 0.273. The summed E-state index contributed by atoms with van der Waals surface area (Å²) in [6.07, 6.45) is -0.766. The average molecular weight is 219 g/mol. The molecule has 0 fully saturated rings. The summed E-state index contributed by atoms with van der Waals surface area (Å²) >= 11 is 0. The van der Waals surface area contributed by atoms with Crippen LogP contribution in [0.2, 0.25) is 0 Å². The number of carbonyl (C=O) groups is 1. The van der Waals surface area contributed by atoms with Crippen molar-refractivity contribution in [1.82, 2.24) is 0 Å². The lowest BCUT2D eigenvalue weighted by atomic mass is 10.2. The standard InChI is InChI=1S/C11H9NO4/c1-7(5-12)16-11(13)8-2-3-9-10(4-8)15-6-14-9/h2-4,7H,6H2,1H3/t7-/m0/s1. The van der Waals surface area contributed by atoms with Gasteiger partial charge in [-0.1, -0.05) is 0 Å². The summed E-state index contributed by atoms with van der Waals surface area (Å²) in [7, 11) is 0. The fourth-order valence-electron chi connectivity index (χ4n) is 1.28. The minimum absolute atomic E-state index is 0.155. The molecule has 1 atom stereocenters. The smallest absolute Gasteiger partial charge is 0.339 e. The summed E-state index contributed by atoms with van der Waals surface area (Å²) in [4.78, 5) is 11.5. The third kappa shape index (κ3) is 1.91. The molecule has 1 aliphatic heterocycles. The molecule has 1 aromatic rings. The van der Waals surface area contributed by atoms with Crippen molar-refractivity contribution in [1.29, 1.82) is 5.26 Å². The van der Waals surface area contributed by atoms with Gasteiger partial charge >= 0.3 is 5.97 Å². The Hall–Kier alpha value is -2.22. The molecule has 0 aliphatic carbocycles. The highest BCUT2D eigenvalue weighted by Gasteiger charge is 2.18. The van der Waals surface area contributed by atoms with Crippen molar-refractivity contribution in [2.45, 2.75) is 13.0 Å². The first-order valence-corrected chi connectivity index (χ1v) is 4.71. The molecule has 5 heteroatoms. The maximum atomic E-state index is 11.5. The quantitative estimate of drug-likeness (QED) is 0.705. The zero-order chi connectivity index (χ0) is 11.5. The summed E-state index contributed by atoms with van der Waals surface area (Å²) < 4.78 is 15.1. The van der Waals surface area contributed by atoms with Crippen LogP contribution in [-0.2, 0) is 4.74 Å². The summed E-state index contributed by atoms with van der Waals surface area (Å²) in [6.45, 7) is 1.66. The SMILES string of the molecule is C[C@@H](C#N)OC(=O)c1ccc2c(c1)OCO2. The van der Waals surface area contributed by atoms with Crippen LogP contribution >= 0.6 is 0 Å². The van der Waals surface area contributed by atoms with Gasteiger partial charge < -0.3 is 14.2 Å². The van der Waals surface area contributed by atoms with Gasteiger partial charge in [-0.05, 0) is 25.1 Å². The molecule has 0 spiro atoms. The first-order chi connectivity index (χ1) is 7.70. The predicted octanol–water partition coefficient (Wildman–Crippen LogP) is 1.48. The van der Waals surface area contributed by atoms with Gasteiger partial charge in [0, 0.05) is 0 Å². The number of rotatable bonds is 2. The van der Waals surface area contributed by atoms with E-state index in [4.69, 9.17) is 19.5 Å². The lowest BCUT2D eigenvalue weighted by molar-refractivity contribution is 0.0435. The number of hydrogen-bond donors (Lipinski definition) is 0. The molecule has 0 saturated heterocycles. The Bertz CT molecular complexity index is 464. The second-order valence-electron chi connectivity index (χ2n) is 3.24. The van der Waals surface area contributed by atoms with Crippen molar-refractivity contribution in [3.8, 4) is 17.6 Å². The number of ether oxygens (including phenoxy) is 3. The number of hydrogen-bond acceptors (Lipinski definition) is 5. The van der Waals surface area contributed by atoms with E-state index in [1.165, 1.54) is 13.0 Å². The van der Waals surface area contributed by atoms with E-state index in [9.17, 15) is 4.79 Å². The molecule has 1 aliphatic rings. The highest BCUT2D eigenvalue weighted by molar-refractivity contribution is 5.90. The minimum atomic E-state index is -0.766. The number of benzene rings is 1. The third-order valence-electron chi connectivity index (χ3n) is 2.07. The molecule has 0 amide bonds. The molecule has 0 saturated carbocycles. The zero-order valence-corrected chi connectivity index (χ0v) is 8.60. The molecule has 5 nitrogen and oxygen atoms in total. The number of fused-ring (bicyclic) bond motifs is 1. The Morgan fingerprint density at radius 2 is 2.25 bits per heavy atom. The van der Waals surface area contributed by atoms with Gasteiger partial charge in [0.1, 0.15) is 6.07 Å². The second-order valence-corrected chi connectivity index (χ2v) is 3.24. The molecule has 2 rings (SSSR count). The predicted molar refractivity (Wildman–Crippen MR) is 53.1 cm³/mol. The maximum absolute atomic E-state index is 11.5. The number of carbonyl (C=O) groups excluding carboxylic acids is 1. The van der Waals surface area contributed by atoms with E-state index in [1.807, 2.05) is 6.07 Å². The summed E-state index contributed by atoms with van der Waals surface area (Å²) in [5, 5.41) is 8.51. The van der Waals surface area contributed by atoms with E-state index in [0.29, 0.717) is 17.1 Å². The topological polar surface area (TPSA) is 68.5 Å². The number of esters is 1. The van der Waals surface area contributed by atoms with Crippen molar-refractivity contribution in [2.75, 3.05) is 6.79 Å². The van der Waals surface area contributed by atoms with Crippen molar-refractivity contribution >= 4 is 5.97 Å². The Labute approximate surface area is 92.1 Å². The van der Waals surface area contributed by atoms with E-state index in [1.54, 1.807) is 12.1 Å². The highest BCUT2D eigenvalue weighted by Crippen LogP contribution is 2.32. The van der Waals surface area contributed by atoms with Crippen LogP contribution < -0.4 is 9.47 Å². The zero-order valence-electron chi connectivity index (χ0n) is 8.60.